The molecule has 1 spiro atoms. The Labute approximate surface area is 428 Å². The number of imide groups is 1. The predicted octanol–water partition coefficient (Wildman–Crippen LogP) is 6.69. The Balaban J connectivity index is 1.22. The molecule has 4 heterocycles. The van der Waals surface area contributed by atoms with E-state index >= 15 is 19.2 Å². The zero-order valence-corrected chi connectivity index (χ0v) is 40.6. The van der Waals surface area contributed by atoms with Gasteiger partial charge in [0.25, 0.3) is 0 Å². The minimum atomic E-state index is -2.08. The van der Waals surface area contributed by atoms with Gasteiger partial charge in [-0.25, -0.2) is 14.5 Å². The van der Waals surface area contributed by atoms with Crippen molar-refractivity contribution in [2.24, 2.45) is 11.7 Å². The first-order valence-electron chi connectivity index (χ1n) is 24.6. The summed E-state index contributed by atoms with van der Waals surface area (Å²) in [5.74, 6) is 2.66. The van der Waals surface area contributed by atoms with E-state index in [1.807, 2.05) is 115 Å². The topological polar surface area (TPSA) is 205 Å². The summed E-state index contributed by atoms with van der Waals surface area (Å²) in [5.41, 5.74) is 8.17. The Morgan fingerprint density at radius 1 is 0.811 bits per heavy atom. The van der Waals surface area contributed by atoms with E-state index in [1.165, 1.54) is 0 Å². The molecule has 6 aromatic carbocycles. The number of urea groups is 2. The molecule has 0 aliphatic carbocycles. The third-order valence-electron chi connectivity index (χ3n) is 14.2. The van der Waals surface area contributed by atoms with E-state index in [9.17, 15) is 9.90 Å². The largest absolute Gasteiger partial charge is 0.491 e. The molecule has 16 heteroatoms. The first-order valence-corrected chi connectivity index (χ1v) is 24.6. The van der Waals surface area contributed by atoms with Gasteiger partial charge in [-0.1, -0.05) is 115 Å². The minimum absolute atomic E-state index is 0.0212. The molecular formula is C58H55N7O9. The molecule has 3 saturated heterocycles. The van der Waals surface area contributed by atoms with Crippen LogP contribution in [-0.2, 0) is 29.3 Å². The van der Waals surface area contributed by atoms with Gasteiger partial charge >= 0.3 is 18.0 Å². The number of aliphatic hydroxyl groups excluding tert-OH is 1. The van der Waals surface area contributed by atoms with Gasteiger partial charge in [0.15, 0.2) is 0 Å². The number of primary amides is 1. The minimum Gasteiger partial charge on any atom is -0.491 e. The average molecular weight is 994 g/mol. The Hall–Kier alpha value is -8.49. The Morgan fingerprint density at radius 3 is 2.14 bits per heavy atom. The third kappa shape index (κ3) is 9.28. The maximum atomic E-state index is 16.8. The number of amides is 6. The molecule has 0 radical (unpaired) electrons. The van der Waals surface area contributed by atoms with Crippen LogP contribution in [0.2, 0.25) is 0 Å². The van der Waals surface area contributed by atoms with Crippen LogP contribution in [-0.4, -0.2) is 92.0 Å². The zero-order valence-electron chi connectivity index (χ0n) is 40.6. The molecule has 0 unspecified atom stereocenters. The van der Waals surface area contributed by atoms with Crippen molar-refractivity contribution in [1.82, 2.24) is 15.5 Å². The summed E-state index contributed by atoms with van der Waals surface area (Å²) < 4.78 is 18.1. The summed E-state index contributed by atoms with van der Waals surface area (Å²) in [5, 5.41) is 18.3. The highest BCUT2D eigenvalue weighted by Crippen LogP contribution is 2.66. The standard InChI is InChI=1S/C58H55N7O9/c1-37(39-13-5-2-6-14-39)61-57(71)64-47-28-19-38(12-11-29-60-56(59)70)36-46(47)58(55(64)69)48(53(67)62-43-22-24-44(25-23-43)63-30-33-72-34-31-63)50-54(68)74-51(41-17-9-4-10-18-41)49(40-15-7-3-8-16-40)65(50)52(58)42-20-26-45(27-21-42)73-35-32-66/h2-10,13-28,36-37,48-52,66H,29-35H2,1H3,(H,61,71)(H,62,67)(H3,59,60,70)/t37-,48+,49+,50+,51-,52-,58+/m1/s1. The van der Waals surface area contributed by atoms with E-state index in [0.29, 0.717) is 54.4 Å². The van der Waals surface area contributed by atoms with Gasteiger partial charge in [-0.05, 0) is 89.3 Å². The summed E-state index contributed by atoms with van der Waals surface area (Å²) in [4.78, 5) is 80.5. The number of rotatable bonds is 12. The second-order valence-electron chi connectivity index (χ2n) is 18.5. The van der Waals surface area contributed by atoms with E-state index in [2.05, 4.69) is 32.7 Å². The van der Waals surface area contributed by atoms with E-state index in [4.69, 9.17) is 19.9 Å². The lowest BCUT2D eigenvalue weighted by atomic mass is 9.65. The van der Waals surface area contributed by atoms with Crippen LogP contribution in [0.4, 0.5) is 26.7 Å². The number of anilines is 3. The summed E-state index contributed by atoms with van der Waals surface area (Å²) in [6, 6.07) is 42.0. The van der Waals surface area contributed by atoms with Gasteiger partial charge in [0, 0.05) is 30.0 Å². The van der Waals surface area contributed by atoms with Crippen molar-refractivity contribution in [1.29, 1.82) is 0 Å². The summed E-state index contributed by atoms with van der Waals surface area (Å²) >= 11 is 0. The van der Waals surface area contributed by atoms with Gasteiger partial charge in [0.2, 0.25) is 11.8 Å². The highest BCUT2D eigenvalue weighted by atomic mass is 16.6. The number of carbonyl (C=O) groups is 5. The summed E-state index contributed by atoms with van der Waals surface area (Å²) in [6.07, 6.45) is -0.944. The lowest BCUT2D eigenvalue weighted by Crippen LogP contribution is -2.55. The molecule has 4 aliphatic rings. The molecule has 4 aliphatic heterocycles. The van der Waals surface area contributed by atoms with Crippen LogP contribution in [0.25, 0.3) is 0 Å². The van der Waals surface area contributed by atoms with Crippen LogP contribution < -0.4 is 36.2 Å². The normalized spacial score (nSPS) is 22.4. The third-order valence-corrected chi connectivity index (χ3v) is 14.2. The van der Waals surface area contributed by atoms with Gasteiger partial charge in [-0.2, -0.15) is 0 Å². The predicted molar refractivity (Wildman–Crippen MR) is 277 cm³/mol. The van der Waals surface area contributed by atoms with Crippen molar-refractivity contribution in [3.05, 3.63) is 191 Å². The van der Waals surface area contributed by atoms with Gasteiger partial charge < -0.3 is 45.9 Å². The number of hydrogen-bond donors (Lipinski definition) is 5. The van der Waals surface area contributed by atoms with Gasteiger partial charge in [-0.3, -0.25) is 19.3 Å². The number of fused-ring (bicyclic) bond motifs is 3. The second-order valence-corrected chi connectivity index (χ2v) is 18.5. The second kappa shape index (κ2) is 21.3. The highest BCUT2D eigenvalue weighted by Gasteiger charge is 2.75. The fourth-order valence-corrected chi connectivity index (χ4v) is 11.0. The number of cyclic esters (lactones) is 1. The molecule has 0 aromatic heterocycles. The fourth-order valence-electron chi connectivity index (χ4n) is 11.0. The van der Waals surface area contributed by atoms with Crippen LogP contribution in [0, 0.1) is 17.8 Å². The molecule has 376 valence electrons. The number of carbonyl (C=O) groups excluding carboxylic acids is 5. The molecular weight excluding hydrogens is 939 g/mol. The van der Waals surface area contributed by atoms with Crippen LogP contribution in [0.3, 0.4) is 0 Å². The van der Waals surface area contributed by atoms with Crippen molar-refractivity contribution in [3.63, 3.8) is 0 Å². The number of morpholine rings is 2. The first-order chi connectivity index (χ1) is 36.1. The molecule has 6 amide bonds. The molecule has 6 N–H and O–H groups in total. The lowest BCUT2D eigenvalue weighted by molar-refractivity contribution is -0.177. The smallest absolute Gasteiger partial charge is 0.329 e. The number of esters is 1. The average Bonchev–Trinajstić information content (AvgIpc) is 3.97. The summed E-state index contributed by atoms with van der Waals surface area (Å²) in [6.45, 7) is 4.07. The Morgan fingerprint density at radius 2 is 1.47 bits per heavy atom. The molecule has 7 atom stereocenters. The number of nitrogens with two attached hydrogens (primary N) is 1. The van der Waals surface area contributed by atoms with Crippen LogP contribution in [0.5, 0.6) is 5.75 Å². The van der Waals surface area contributed by atoms with E-state index in [-0.39, 0.29) is 31.0 Å². The molecule has 0 saturated carbocycles. The molecule has 3 fully saturated rings. The van der Waals surface area contributed by atoms with Gasteiger partial charge in [0.05, 0.1) is 56.1 Å². The number of nitrogens with zero attached hydrogens (tertiary/aromatic N) is 3. The van der Waals surface area contributed by atoms with Gasteiger partial charge in [-0.15, -0.1) is 0 Å². The lowest BCUT2D eigenvalue weighted by Gasteiger charge is -2.46. The molecule has 6 aromatic rings. The van der Waals surface area contributed by atoms with Crippen molar-refractivity contribution in [2.45, 2.75) is 42.6 Å². The van der Waals surface area contributed by atoms with E-state index in [1.54, 1.807) is 54.6 Å². The first kappa shape index (κ1) is 49.1. The van der Waals surface area contributed by atoms with E-state index in [0.717, 1.165) is 21.7 Å². The van der Waals surface area contributed by atoms with Crippen LogP contribution in [0.15, 0.2) is 158 Å². The molecule has 74 heavy (non-hydrogen) atoms. The van der Waals surface area contributed by atoms with Crippen molar-refractivity contribution in [2.75, 3.05) is 61.2 Å². The molecule has 10 rings (SSSR count). The van der Waals surface area contributed by atoms with Crippen molar-refractivity contribution < 1.29 is 43.3 Å². The SMILES string of the molecule is C[C@@H](NC(=O)N1C(=O)[C@@]2(c3cc(C#CCNC(N)=O)ccc31)[C@H](C(=O)Nc1ccc(N3CCOCC3)cc1)[C@H]1C(=O)O[C@H](c3ccccc3)[C@H](c3ccccc3)N1[C@@H]2c1ccc(OCCO)cc1)c1ccccc1. The summed E-state index contributed by atoms with van der Waals surface area (Å²) in [7, 11) is 0. The number of nitrogens with one attached hydrogen (secondary N) is 3. The van der Waals surface area contributed by atoms with Crippen molar-refractivity contribution >= 4 is 46.9 Å². The highest BCUT2D eigenvalue weighted by molar-refractivity contribution is 6.25. The maximum Gasteiger partial charge on any atom is 0.329 e. The Kier molecular flexibility index (Phi) is 14.1. The zero-order chi connectivity index (χ0) is 51.3. The Bertz CT molecular complexity index is 3090. The van der Waals surface area contributed by atoms with Crippen LogP contribution in [0.1, 0.15) is 64.5 Å². The monoisotopic (exact) mass is 993 g/mol. The fraction of sp³-hybridized carbons (Fsp3) is 0.259. The maximum absolute atomic E-state index is 16.8. The molecule has 16 nitrogen and oxygen atoms in total. The van der Waals surface area contributed by atoms with Crippen LogP contribution >= 0.6 is 0 Å². The quantitative estimate of drug-likeness (QED) is 0.0646. The number of aliphatic hydroxyl groups is 1. The number of ether oxygens (including phenoxy) is 3. The van der Waals surface area contributed by atoms with Crippen molar-refractivity contribution in [3.8, 4) is 17.6 Å². The van der Waals surface area contributed by atoms with E-state index < -0.39 is 71.5 Å². The molecule has 0 bridgehead atoms. The van der Waals surface area contributed by atoms with Gasteiger partial charge in [0.1, 0.15) is 29.9 Å². The number of benzene rings is 6. The number of hydrogen-bond acceptors (Lipinski definition) is 11.